The summed E-state index contributed by atoms with van der Waals surface area (Å²) in [7, 11) is 0.0690. The average molecular weight is 847 g/mol. The van der Waals surface area contributed by atoms with E-state index < -0.39 is 0 Å². The molecule has 0 rings (SSSR count). The van der Waals surface area contributed by atoms with Crippen LogP contribution in [0, 0.1) is 23.7 Å². The SMILES string of the molecule is C/C=C/C(CC(CCCC)CCCCCC)(CC(CCCC)CCCCCC)OPOC(/C=C/C)(CC(CCCC)CCCCCC)CC(CCCC)CCCCCC. The highest BCUT2D eigenvalue weighted by atomic mass is 31.1. The van der Waals surface area contributed by atoms with Crippen molar-refractivity contribution in [2.24, 2.45) is 23.7 Å². The Morgan fingerprint density at radius 3 is 0.746 bits per heavy atom. The van der Waals surface area contributed by atoms with E-state index in [1.165, 1.54) is 205 Å². The minimum Gasteiger partial charge on any atom is -0.325 e. The van der Waals surface area contributed by atoms with Crippen LogP contribution in [0.5, 0.6) is 0 Å². The molecule has 0 saturated carbocycles. The summed E-state index contributed by atoms with van der Waals surface area (Å²) in [5, 5.41) is 0. The fourth-order valence-corrected chi connectivity index (χ4v) is 11.1. The van der Waals surface area contributed by atoms with E-state index in [1.54, 1.807) is 0 Å². The fraction of sp³-hybridized carbons (Fsp3) is 0.929. The van der Waals surface area contributed by atoms with Crippen LogP contribution in [-0.4, -0.2) is 11.2 Å². The topological polar surface area (TPSA) is 18.5 Å². The molecule has 352 valence electrons. The predicted octanol–water partition coefficient (Wildman–Crippen LogP) is 20.8. The average Bonchev–Trinajstić information content (AvgIpc) is 3.23. The minimum atomic E-state index is -0.259. The summed E-state index contributed by atoms with van der Waals surface area (Å²) < 4.78 is 15.2. The van der Waals surface area contributed by atoms with Gasteiger partial charge in [0.2, 0.25) is 0 Å². The summed E-state index contributed by atoms with van der Waals surface area (Å²) in [5.41, 5.74) is -0.518. The molecule has 0 aromatic carbocycles. The molecule has 0 aliphatic carbocycles. The van der Waals surface area contributed by atoms with Crippen molar-refractivity contribution in [3.8, 4) is 0 Å². The summed E-state index contributed by atoms with van der Waals surface area (Å²) >= 11 is 0. The van der Waals surface area contributed by atoms with Crippen molar-refractivity contribution in [1.29, 1.82) is 0 Å². The van der Waals surface area contributed by atoms with Crippen LogP contribution in [0.15, 0.2) is 24.3 Å². The van der Waals surface area contributed by atoms with Gasteiger partial charge < -0.3 is 9.05 Å². The number of unbranched alkanes of at least 4 members (excludes halogenated alkanes) is 16. The van der Waals surface area contributed by atoms with Gasteiger partial charge in [-0.3, -0.25) is 0 Å². The molecule has 4 atom stereocenters. The number of rotatable bonds is 46. The standard InChI is InChI=1S/C56H111O2P/c1-11-21-29-33-41-51(37-25-15-5)47-55(45-19-9,48-52(38-26-16-6)42-34-30-22-12-2)57-59-58-56(46-20-10,49-53(39-27-17-7)43-35-31-23-13-3)50-54(40-28-18-8)44-36-32-24-14-4/h19-20,45-46,51-54,59H,11-18,21-44,47-50H2,1-10H3/b45-19+,46-20+. The third kappa shape index (κ3) is 31.3. The normalized spacial score (nSPS) is 16.6. The monoisotopic (exact) mass is 847 g/mol. The zero-order valence-corrected chi connectivity index (χ0v) is 43.4. The van der Waals surface area contributed by atoms with Crippen LogP contribution >= 0.6 is 9.03 Å². The first-order chi connectivity index (χ1) is 28.8. The van der Waals surface area contributed by atoms with Gasteiger partial charge in [-0.25, -0.2) is 0 Å². The third-order valence-electron chi connectivity index (χ3n) is 13.7. The van der Waals surface area contributed by atoms with Gasteiger partial charge in [-0.1, -0.05) is 285 Å². The number of hydrogen-bond acceptors (Lipinski definition) is 2. The maximum atomic E-state index is 7.58. The van der Waals surface area contributed by atoms with E-state index in [2.05, 4.69) is 93.5 Å². The molecule has 59 heavy (non-hydrogen) atoms. The van der Waals surface area contributed by atoms with Gasteiger partial charge in [0.15, 0.2) is 9.03 Å². The van der Waals surface area contributed by atoms with E-state index in [4.69, 9.17) is 9.05 Å². The van der Waals surface area contributed by atoms with Crippen molar-refractivity contribution in [2.45, 2.75) is 312 Å². The second-order valence-corrected chi connectivity index (χ2v) is 20.2. The molecule has 0 aliphatic heterocycles. The zero-order valence-electron chi connectivity index (χ0n) is 42.4. The Bertz CT molecular complexity index is 788. The van der Waals surface area contributed by atoms with E-state index in [9.17, 15) is 0 Å². The zero-order chi connectivity index (χ0) is 43.7. The van der Waals surface area contributed by atoms with Crippen LogP contribution in [0.4, 0.5) is 0 Å². The first-order valence-corrected chi connectivity index (χ1v) is 28.0. The lowest BCUT2D eigenvalue weighted by Crippen LogP contribution is -2.36. The van der Waals surface area contributed by atoms with Crippen molar-refractivity contribution >= 4 is 9.03 Å². The second-order valence-electron chi connectivity index (χ2n) is 19.7. The molecule has 2 nitrogen and oxygen atoms in total. The van der Waals surface area contributed by atoms with Crippen LogP contribution in [0.1, 0.15) is 300 Å². The Morgan fingerprint density at radius 1 is 0.322 bits per heavy atom. The highest BCUT2D eigenvalue weighted by molar-refractivity contribution is 7.26. The van der Waals surface area contributed by atoms with E-state index >= 15 is 0 Å². The Hall–Kier alpha value is -0.170. The van der Waals surface area contributed by atoms with Gasteiger partial charge in [0.1, 0.15) is 0 Å². The largest absolute Gasteiger partial charge is 0.325 e. The van der Waals surface area contributed by atoms with Crippen molar-refractivity contribution in [3.63, 3.8) is 0 Å². The van der Waals surface area contributed by atoms with E-state index in [0.29, 0.717) is 23.7 Å². The van der Waals surface area contributed by atoms with Gasteiger partial charge >= 0.3 is 0 Å². The molecule has 0 aromatic heterocycles. The molecule has 0 heterocycles. The maximum Gasteiger partial charge on any atom is 0.156 e. The lowest BCUT2D eigenvalue weighted by Gasteiger charge is -2.41. The van der Waals surface area contributed by atoms with Crippen molar-refractivity contribution in [3.05, 3.63) is 24.3 Å². The predicted molar refractivity (Wildman–Crippen MR) is 271 cm³/mol. The molecule has 0 N–H and O–H groups in total. The molecule has 0 fully saturated rings. The molecule has 4 unspecified atom stereocenters. The van der Waals surface area contributed by atoms with Crippen LogP contribution in [0.25, 0.3) is 0 Å². The van der Waals surface area contributed by atoms with Gasteiger partial charge in [0, 0.05) is 0 Å². The summed E-state index contributed by atoms with van der Waals surface area (Å²) in [6.45, 7) is 23.4. The van der Waals surface area contributed by atoms with Crippen molar-refractivity contribution in [1.82, 2.24) is 0 Å². The smallest absolute Gasteiger partial charge is 0.156 e. The quantitative estimate of drug-likeness (QED) is 0.0345. The van der Waals surface area contributed by atoms with Gasteiger partial charge in [0.05, 0.1) is 11.2 Å². The Balaban J connectivity index is 7.09. The highest BCUT2D eigenvalue weighted by Crippen LogP contribution is 2.46. The van der Waals surface area contributed by atoms with Crippen molar-refractivity contribution in [2.75, 3.05) is 0 Å². The summed E-state index contributed by atoms with van der Waals surface area (Å²) in [4.78, 5) is 0. The number of hydrogen-bond donors (Lipinski definition) is 0. The van der Waals surface area contributed by atoms with Crippen molar-refractivity contribution < 1.29 is 9.05 Å². The lowest BCUT2D eigenvalue weighted by molar-refractivity contribution is 0.0195. The van der Waals surface area contributed by atoms with E-state index in [0.717, 1.165) is 25.7 Å². The summed E-state index contributed by atoms with van der Waals surface area (Å²) in [6, 6.07) is 0. The number of allylic oxidation sites excluding steroid dienone is 2. The second kappa shape index (κ2) is 41.8. The molecule has 3 heteroatoms. The van der Waals surface area contributed by atoms with E-state index in [-0.39, 0.29) is 20.2 Å². The van der Waals surface area contributed by atoms with Gasteiger partial charge in [-0.15, -0.1) is 0 Å². The molecule has 0 aliphatic rings. The highest BCUT2D eigenvalue weighted by Gasteiger charge is 2.38. The molecular weight excluding hydrogens is 736 g/mol. The molecule has 0 bridgehead atoms. The Labute approximate surface area is 376 Å². The maximum absolute atomic E-state index is 7.58. The molecule has 0 spiro atoms. The summed E-state index contributed by atoms with van der Waals surface area (Å²) in [5.74, 6) is 2.84. The first kappa shape index (κ1) is 58.8. The van der Waals surface area contributed by atoms with Crippen LogP contribution in [-0.2, 0) is 9.05 Å². The lowest BCUT2D eigenvalue weighted by atomic mass is 9.77. The molecule has 0 amide bonds. The third-order valence-corrected chi connectivity index (χ3v) is 14.7. The van der Waals surface area contributed by atoms with Crippen LogP contribution in [0.2, 0.25) is 0 Å². The van der Waals surface area contributed by atoms with Gasteiger partial charge in [-0.2, -0.15) is 0 Å². The van der Waals surface area contributed by atoms with Crippen LogP contribution in [0.3, 0.4) is 0 Å². The molecule has 0 radical (unpaired) electrons. The summed E-state index contributed by atoms with van der Waals surface area (Å²) in [6.07, 6.45) is 57.2. The molecule has 0 aromatic rings. The fourth-order valence-electron chi connectivity index (χ4n) is 10.2. The minimum absolute atomic E-state index is 0.0690. The van der Waals surface area contributed by atoms with E-state index in [1.807, 2.05) is 0 Å². The van der Waals surface area contributed by atoms with Crippen LogP contribution < -0.4 is 0 Å². The van der Waals surface area contributed by atoms with Gasteiger partial charge in [-0.05, 0) is 63.2 Å². The molecule has 0 saturated heterocycles. The van der Waals surface area contributed by atoms with Gasteiger partial charge in [0.25, 0.3) is 0 Å². The Morgan fingerprint density at radius 2 is 0.542 bits per heavy atom. The first-order valence-electron chi connectivity index (χ1n) is 27.2. The Kier molecular flexibility index (Phi) is 41.7. The molecular formula is C56H111O2P.